The van der Waals surface area contributed by atoms with Crippen LogP contribution in [0.3, 0.4) is 0 Å². The first-order valence-electron chi connectivity index (χ1n) is 12.1. The summed E-state index contributed by atoms with van der Waals surface area (Å²) < 4.78 is 43.1. The molecule has 1 fully saturated rings. The molecule has 4 rings (SSSR count). The van der Waals surface area contributed by atoms with E-state index in [1.54, 1.807) is 6.92 Å². The van der Waals surface area contributed by atoms with Gasteiger partial charge in [0, 0.05) is 25.6 Å². The molecule has 3 aromatic rings. The lowest BCUT2D eigenvalue weighted by molar-refractivity contribution is -0.140. The maximum Gasteiger partial charge on any atom is 0.435 e. The lowest BCUT2D eigenvalue weighted by Crippen LogP contribution is -2.41. The highest BCUT2D eigenvalue weighted by Crippen LogP contribution is 2.38. The molecule has 0 bridgehead atoms. The lowest BCUT2D eigenvalue weighted by Gasteiger charge is -2.32. The first-order valence-corrected chi connectivity index (χ1v) is 12.1. The molecule has 1 aromatic carbocycles. The number of piperidine rings is 1. The summed E-state index contributed by atoms with van der Waals surface area (Å²) in [6.45, 7) is 6.03. The third-order valence-corrected chi connectivity index (χ3v) is 6.57. The molecular weight excluding hydrogens is 471 g/mol. The fraction of sp³-hybridized carbons (Fsp3) is 0.520. The van der Waals surface area contributed by atoms with Crippen molar-refractivity contribution in [2.75, 3.05) is 45.2 Å². The average Bonchev–Trinajstić information content (AvgIpc) is 3.18. The molecule has 1 N–H and O–H groups in total. The third-order valence-electron chi connectivity index (χ3n) is 6.57. The van der Waals surface area contributed by atoms with Crippen LogP contribution in [0.1, 0.15) is 36.2 Å². The van der Waals surface area contributed by atoms with Crippen molar-refractivity contribution in [3.8, 4) is 5.69 Å². The Morgan fingerprint density at radius 2 is 1.89 bits per heavy atom. The van der Waals surface area contributed by atoms with Gasteiger partial charge in [0.05, 0.1) is 16.8 Å². The number of rotatable bonds is 7. The van der Waals surface area contributed by atoms with E-state index in [1.165, 1.54) is 4.68 Å². The fourth-order valence-electron chi connectivity index (χ4n) is 4.66. The highest BCUT2D eigenvalue weighted by Gasteiger charge is 2.39. The predicted molar refractivity (Wildman–Crippen MR) is 132 cm³/mol. The van der Waals surface area contributed by atoms with Gasteiger partial charge in [-0.15, -0.1) is 10.2 Å². The molecule has 0 unspecified atom stereocenters. The van der Waals surface area contributed by atoms with Gasteiger partial charge in [-0.3, -0.25) is 4.79 Å². The van der Waals surface area contributed by atoms with E-state index in [9.17, 15) is 18.0 Å². The van der Waals surface area contributed by atoms with Crippen LogP contribution in [0.25, 0.3) is 16.6 Å². The van der Waals surface area contributed by atoms with Crippen LogP contribution < -0.4 is 10.2 Å². The van der Waals surface area contributed by atoms with E-state index >= 15 is 0 Å². The van der Waals surface area contributed by atoms with Gasteiger partial charge in [-0.1, -0.05) is 12.1 Å². The maximum atomic E-state index is 13.9. The van der Waals surface area contributed by atoms with E-state index in [-0.39, 0.29) is 22.7 Å². The number of anilines is 1. The highest BCUT2D eigenvalue weighted by atomic mass is 19.4. The molecule has 0 spiro atoms. The van der Waals surface area contributed by atoms with Crippen molar-refractivity contribution in [3.05, 3.63) is 41.2 Å². The number of aromatic nitrogens is 4. The van der Waals surface area contributed by atoms with Gasteiger partial charge in [0.25, 0.3) is 0 Å². The smallest absolute Gasteiger partial charge is 0.356 e. The van der Waals surface area contributed by atoms with E-state index in [1.807, 2.05) is 50.2 Å². The Bertz CT molecular complexity index is 1230. The predicted octanol–water partition coefficient (Wildman–Crippen LogP) is 3.74. The van der Waals surface area contributed by atoms with Crippen molar-refractivity contribution in [2.24, 2.45) is 5.92 Å². The molecule has 0 saturated carbocycles. The molecule has 1 amide bonds. The minimum atomic E-state index is -4.66. The van der Waals surface area contributed by atoms with Crippen LogP contribution in [0, 0.1) is 19.8 Å². The summed E-state index contributed by atoms with van der Waals surface area (Å²) in [5.74, 6) is 0.207. The molecule has 3 heterocycles. The summed E-state index contributed by atoms with van der Waals surface area (Å²) in [6, 6.07) is 7.44. The Balaban J connectivity index is 1.59. The van der Waals surface area contributed by atoms with Gasteiger partial charge in [0.2, 0.25) is 5.91 Å². The summed E-state index contributed by atoms with van der Waals surface area (Å²) in [6.07, 6.45) is -2.62. The number of halogens is 3. The first kappa shape index (κ1) is 25.9. The van der Waals surface area contributed by atoms with Crippen molar-refractivity contribution in [1.82, 2.24) is 30.2 Å². The number of fused-ring (bicyclic) bond motifs is 1. The monoisotopic (exact) mass is 503 g/mol. The van der Waals surface area contributed by atoms with Crippen LogP contribution in [-0.4, -0.2) is 71.1 Å². The second-order valence-corrected chi connectivity index (χ2v) is 9.64. The van der Waals surface area contributed by atoms with Crippen molar-refractivity contribution in [3.63, 3.8) is 0 Å². The second kappa shape index (κ2) is 10.4. The van der Waals surface area contributed by atoms with Crippen LogP contribution in [0.15, 0.2) is 24.3 Å². The molecule has 2 aromatic heterocycles. The molecule has 36 heavy (non-hydrogen) atoms. The molecule has 1 aliphatic heterocycles. The van der Waals surface area contributed by atoms with Crippen LogP contribution in [0.4, 0.5) is 19.0 Å². The van der Waals surface area contributed by atoms with E-state index in [0.29, 0.717) is 49.7 Å². The topological polar surface area (TPSA) is 79.2 Å². The van der Waals surface area contributed by atoms with E-state index < -0.39 is 11.9 Å². The average molecular weight is 504 g/mol. The standard InChI is InChI=1S/C25H32F3N7O/c1-16-7-5-8-19(15-16)35-17(2)20-21(32-35)23(31-30-22(20)25(26,27)28)34-13-9-18(10-14-34)24(36)29-11-6-12-33(3)4/h5,7-8,15,18H,6,9-14H2,1-4H3,(H,29,36). The van der Waals surface area contributed by atoms with Gasteiger partial charge in [0.15, 0.2) is 11.5 Å². The van der Waals surface area contributed by atoms with Gasteiger partial charge in [-0.05, 0) is 71.4 Å². The molecule has 194 valence electrons. The highest BCUT2D eigenvalue weighted by molar-refractivity contribution is 5.93. The number of aryl methyl sites for hydroxylation is 2. The molecular formula is C25H32F3N7O. The Morgan fingerprint density at radius 3 is 2.53 bits per heavy atom. The van der Waals surface area contributed by atoms with Crippen molar-refractivity contribution < 1.29 is 18.0 Å². The lowest BCUT2D eigenvalue weighted by atomic mass is 9.95. The number of hydrogen-bond donors (Lipinski definition) is 1. The molecule has 0 aliphatic carbocycles. The van der Waals surface area contributed by atoms with Crippen molar-refractivity contribution in [1.29, 1.82) is 0 Å². The fourth-order valence-corrected chi connectivity index (χ4v) is 4.66. The number of alkyl halides is 3. The van der Waals surface area contributed by atoms with Crippen LogP contribution in [0.2, 0.25) is 0 Å². The van der Waals surface area contributed by atoms with Crippen molar-refractivity contribution in [2.45, 2.75) is 39.3 Å². The quantitative estimate of drug-likeness (QED) is 0.495. The van der Waals surface area contributed by atoms with Crippen LogP contribution in [-0.2, 0) is 11.0 Å². The molecule has 0 atom stereocenters. The summed E-state index contributed by atoms with van der Waals surface area (Å²) in [5.41, 5.74) is 1.13. The largest absolute Gasteiger partial charge is 0.435 e. The number of hydrogen-bond acceptors (Lipinski definition) is 6. The SMILES string of the molecule is Cc1cccc(-n2nc3c(N4CCC(C(=O)NCCCN(C)C)CC4)nnc(C(F)(F)F)c3c2C)c1. The zero-order valence-corrected chi connectivity index (χ0v) is 21.1. The minimum absolute atomic E-state index is 0.0247. The molecule has 1 aliphatic rings. The van der Waals surface area contributed by atoms with Crippen LogP contribution >= 0.6 is 0 Å². The number of carbonyl (C=O) groups is 1. The van der Waals surface area contributed by atoms with Crippen molar-refractivity contribution >= 4 is 22.6 Å². The Morgan fingerprint density at radius 1 is 1.17 bits per heavy atom. The molecule has 1 saturated heterocycles. The number of benzene rings is 1. The maximum absolute atomic E-state index is 13.9. The second-order valence-electron chi connectivity index (χ2n) is 9.64. The van der Waals surface area contributed by atoms with Gasteiger partial charge in [0.1, 0.15) is 5.52 Å². The summed E-state index contributed by atoms with van der Waals surface area (Å²) >= 11 is 0. The number of nitrogens with one attached hydrogen (secondary N) is 1. The molecule has 8 nitrogen and oxygen atoms in total. The third kappa shape index (κ3) is 5.45. The Labute approximate surface area is 208 Å². The number of amides is 1. The van der Waals surface area contributed by atoms with Gasteiger partial charge in [-0.2, -0.15) is 18.3 Å². The van der Waals surface area contributed by atoms with Crippen LogP contribution in [0.5, 0.6) is 0 Å². The van der Waals surface area contributed by atoms with E-state index in [4.69, 9.17) is 0 Å². The van der Waals surface area contributed by atoms with Gasteiger partial charge < -0.3 is 15.1 Å². The Hall–Kier alpha value is -3.21. The van der Waals surface area contributed by atoms with Gasteiger partial charge >= 0.3 is 6.18 Å². The normalized spacial score (nSPS) is 15.2. The first-order chi connectivity index (χ1) is 17.1. The summed E-state index contributed by atoms with van der Waals surface area (Å²) in [7, 11) is 3.98. The number of nitrogens with zero attached hydrogens (tertiary/aromatic N) is 6. The summed E-state index contributed by atoms with van der Waals surface area (Å²) in [4.78, 5) is 16.5. The minimum Gasteiger partial charge on any atom is -0.356 e. The molecule has 11 heteroatoms. The zero-order valence-electron chi connectivity index (χ0n) is 21.1. The Kier molecular flexibility index (Phi) is 7.49. The zero-order chi connectivity index (χ0) is 26.0. The summed E-state index contributed by atoms with van der Waals surface area (Å²) in [5, 5.41) is 15.1. The van der Waals surface area contributed by atoms with Gasteiger partial charge in [-0.25, -0.2) is 4.68 Å². The van der Waals surface area contributed by atoms with E-state index in [0.717, 1.165) is 18.5 Å². The number of carbonyl (C=O) groups excluding carboxylic acids is 1. The van der Waals surface area contributed by atoms with E-state index in [2.05, 4.69) is 25.5 Å². The molecule has 0 radical (unpaired) electrons.